The molecule has 2 amide bonds. The third-order valence-corrected chi connectivity index (χ3v) is 6.71. The Morgan fingerprint density at radius 1 is 1.03 bits per heavy atom. The molecule has 1 aliphatic rings. The lowest BCUT2D eigenvalue weighted by Crippen LogP contribution is -2.50. The molecule has 1 aliphatic carbocycles. The van der Waals surface area contributed by atoms with Crippen molar-refractivity contribution in [1.29, 1.82) is 0 Å². The van der Waals surface area contributed by atoms with Crippen molar-refractivity contribution in [2.24, 2.45) is 0 Å². The van der Waals surface area contributed by atoms with E-state index in [9.17, 15) is 14.0 Å². The molecule has 0 heterocycles. The van der Waals surface area contributed by atoms with Crippen LogP contribution in [0.1, 0.15) is 43.7 Å². The number of hydrogen-bond donors (Lipinski definition) is 1. The summed E-state index contributed by atoms with van der Waals surface area (Å²) in [5, 5.41) is 3.95. The van der Waals surface area contributed by atoms with E-state index in [0.717, 1.165) is 25.7 Å². The summed E-state index contributed by atoms with van der Waals surface area (Å²) in [7, 11) is 0. The van der Waals surface area contributed by atoms with E-state index >= 15 is 0 Å². The first-order chi connectivity index (χ1) is 14.8. The summed E-state index contributed by atoms with van der Waals surface area (Å²) < 4.78 is 14.3. The summed E-state index contributed by atoms with van der Waals surface area (Å²) in [6.45, 7) is 1.67. The minimum Gasteiger partial charge on any atom is -0.352 e. The molecule has 0 aromatic heterocycles. The molecule has 0 spiro atoms. The van der Waals surface area contributed by atoms with Gasteiger partial charge in [-0.3, -0.25) is 9.59 Å². The van der Waals surface area contributed by atoms with E-state index < -0.39 is 17.8 Å². The summed E-state index contributed by atoms with van der Waals surface area (Å²) in [6, 6.07) is 8.60. The minimum absolute atomic E-state index is 0.0165. The van der Waals surface area contributed by atoms with E-state index in [2.05, 4.69) is 5.32 Å². The fourth-order valence-electron chi connectivity index (χ4n) is 3.78. The molecule has 2 aromatic carbocycles. The molecule has 0 radical (unpaired) electrons. The number of benzene rings is 2. The predicted molar refractivity (Wildman–Crippen MR) is 122 cm³/mol. The topological polar surface area (TPSA) is 49.4 Å². The third-order valence-electron chi connectivity index (χ3n) is 5.65. The van der Waals surface area contributed by atoms with E-state index in [-0.39, 0.29) is 35.5 Å². The number of nitrogens with one attached hydrogen (secondary N) is 1. The highest BCUT2D eigenvalue weighted by molar-refractivity contribution is 6.36. The van der Waals surface area contributed by atoms with Gasteiger partial charge in [-0.05, 0) is 44.0 Å². The average molecular weight is 486 g/mol. The predicted octanol–water partition coefficient (Wildman–Crippen LogP) is 5.80. The first-order valence-electron chi connectivity index (χ1n) is 10.2. The second-order valence-electron chi connectivity index (χ2n) is 7.76. The van der Waals surface area contributed by atoms with Gasteiger partial charge in [0.2, 0.25) is 11.8 Å². The quantitative estimate of drug-likeness (QED) is 0.538. The molecule has 8 heteroatoms. The zero-order valence-electron chi connectivity index (χ0n) is 17.1. The molecule has 2 aromatic rings. The Kier molecular flexibility index (Phi) is 8.20. The number of amides is 2. The first kappa shape index (κ1) is 23.8. The van der Waals surface area contributed by atoms with Crippen LogP contribution in [0.15, 0.2) is 36.4 Å². The summed E-state index contributed by atoms with van der Waals surface area (Å²) in [6.07, 6.45) is 3.71. The largest absolute Gasteiger partial charge is 0.352 e. The molecule has 1 N–H and O–H groups in total. The van der Waals surface area contributed by atoms with E-state index in [4.69, 9.17) is 34.8 Å². The van der Waals surface area contributed by atoms with Crippen LogP contribution in [0.25, 0.3) is 0 Å². The van der Waals surface area contributed by atoms with Gasteiger partial charge in [0.1, 0.15) is 11.9 Å². The SMILES string of the molecule is CC(C(=O)NC1CCCC1)N(Cc1c(Cl)cccc1Cl)C(=O)Cc1c(F)cccc1Cl. The fourth-order valence-corrected chi connectivity index (χ4v) is 4.53. The van der Waals surface area contributed by atoms with Gasteiger partial charge in [-0.1, -0.05) is 59.8 Å². The van der Waals surface area contributed by atoms with Crippen molar-refractivity contribution >= 4 is 46.6 Å². The number of carbonyl (C=O) groups excluding carboxylic acids is 2. The summed E-state index contributed by atoms with van der Waals surface area (Å²) in [5.41, 5.74) is 0.618. The van der Waals surface area contributed by atoms with Crippen LogP contribution < -0.4 is 5.32 Å². The van der Waals surface area contributed by atoms with Crippen LogP contribution in [-0.2, 0) is 22.6 Å². The molecule has 1 saturated carbocycles. The zero-order chi connectivity index (χ0) is 22.5. The van der Waals surface area contributed by atoms with Crippen molar-refractivity contribution in [2.75, 3.05) is 0 Å². The molecular formula is C23H24Cl3FN2O2. The second-order valence-corrected chi connectivity index (χ2v) is 8.99. The molecule has 1 atom stereocenters. The smallest absolute Gasteiger partial charge is 0.242 e. The third kappa shape index (κ3) is 5.91. The lowest BCUT2D eigenvalue weighted by molar-refractivity contribution is -0.140. The first-order valence-corrected chi connectivity index (χ1v) is 11.4. The molecule has 31 heavy (non-hydrogen) atoms. The highest BCUT2D eigenvalue weighted by atomic mass is 35.5. The van der Waals surface area contributed by atoms with Crippen LogP contribution in [0.2, 0.25) is 15.1 Å². The molecule has 1 unspecified atom stereocenters. The van der Waals surface area contributed by atoms with Crippen molar-refractivity contribution in [2.45, 2.75) is 57.7 Å². The van der Waals surface area contributed by atoms with Gasteiger partial charge in [0, 0.05) is 38.8 Å². The standard InChI is InChI=1S/C23H24Cl3FN2O2/c1-14(23(31)28-15-6-2-3-7-15)29(13-17-19(25)8-4-9-20(17)26)22(30)12-16-18(24)10-5-11-21(16)27/h4-5,8-11,14-15H,2-3,6-7,12-13H2,1H3,(H,28,31). The minimum atomic E-state index is -0.800. The van der Waals surface area contributed by atoms with E-state index in [0.29, 0.717) is 15.6 Å². The molecule has 0 aliphatic heterocycles. The van der Waals surface area contributed by atoms with E-state index in [1.165, 1.54) is 23.1 Å². The van der Waals surface area contributed by atoms with Gasteiger partial charge in [0.15, 0.2) is 0 Å². The number of nitrogens with zero attached hydrogens (tertiary/aromatic N) is 1. The Morgan fingerprint density at radius 2 is 1.58 bits per heavy atom. The van der Waals surface area contributed by atoms with Crippen LogP contribution in [0.3, 0.4) is 0 Å². The molecule has 3 rings (SSSR count). The van der Waals surface area contributed by atoms with Gasteiger partial charge < -0.3 is 10.2 Å². The van der Waals surface area contributed by atoms with Crippen molar-refractivity contribution in [3.63, 3.8) is 0 Å². The summed E-state index contributed by atoms with van der Waals surface area (Å²) in [4.78, 5) is 27.6. The van der Waals surface area contributed by atoms with Crippen LogP contribution in [0.4, 0.5) is 4.39 Å². The van der Waals surface area contributed by atoms with Crippen molar-refractivity contribution in [1.82, 2.24) is 10.2 Å². The number of carbonyl (C=O) groups is 2. The maximum Gasteiger partial charge on any atom is 0.242 e. The van der Waals surface area contributed by atoms with Gasteiger partial charge in [0.25, 0.3) is 0 Å². The van der Waals surface area contributed by atoms with Crippen molar-refractivity contribution < 1.29 is 14.0 Å². The maximum atomic E-state index is 14.3. The molecule has 166 valence electrons. The Hall–Kier alpha value is -1.82. The van der Waals surface area contributed by atoms with Crippen LogP contribution >= 0.6 is 34.8 Å². The second kappa shape index (κ2) is 10.7. The summed E-state index contributed by atoms with van der Waals surface area (Å²) in [5.74, 6) is -1.28. The number of hydrogen-bond acceptors (Lipinski definition) is 2. The average Bonchev–Trinajstić information content (AvgIpc) is 3.23. The van der Waals surface area contributed by atoms with E-state index in [1.807, 2.05) is 0 Å². The van der Waals surface area contributed by atoms with Crippen LogP contribution in [0, 0.1) is 5.82 Å². The normalized spacial score (nSPS) is 15.0. The number of rotatable bonds is 7. The highest BCUT2D eigenvalue weighted by Crippen LogP contribution is 2.28. The molecule has 4 nitrogen and oxygen atoms in total. The Bertz CT molecular complexity index is 923. The van der Waals surface area contributed by atoms with Gasteiger partial charge in [-0.2, -0.15) is 0 Å². The summed E-state index contributed by atoms with van der Waals surface area (Å²) >= 11 is 18.7. The fraction of sp³-hybridized carbons (Fsp3) is 0.391. The van der Waals surface area contributed by atoms with Crippen LogP contribution in [0.5, 0.6) is 0 Å². The maximum absolute atomic E-state index is 14.3. The molecular weight excluding hydrogens is 462 g/mol. The van der Waals surface area contributed by atoms with Gasteiger partial charge in [-0.15, -0.1) is 0 Å². The van der Waals surface area contributed by atoms with Crippen molar-refractivity contribution in [3.8, 4) is 0 Å². The van der Waals surface area contributed by atoms with Gasteiger partial charge in [-0.25, -0.2) is 4.39 Å². The molecule has 0 saturated heterocycles. The van der Waals surface area contributed by atoms with Gasteiger partial charge in [0.05, 0.1) is 6.42 Å². The molecule has 1 fully saturated rings. The number of halogens is 4. The van der Waals surface area contributed by atoms with Crippen LogP contribution in [-0.4, -0.2) is 28.8 Å². The monoisotopic (exact) mass is 484 g/mol. The zero-order valence-corrected chi connectivity index (χ0v) is 19.4. The Morgan fingerprint density at radius 3 is 2.16 bits per heavy atom. The molecule has 0 bridgehead atoms. The van der Waals surface area contributed by atoms with Crippen molar-refractivity contribution in [3.05, 3.63) is 68.4 Å². The van der Waals surface area contributed by atoms with Gasteiger partial charge >= 0.3 is 0 Å². The lowest BCUT2D eigenvalue weighted by atomic mass is 10.1. The Labute approximate surface area is 196 Å². The van der Waals surface area contributed by atoms with E-state index in [1.54, 1.807) is 25.1 Å². The highest BCUT2D eigenvalue weighted by Gasteiger charge is 2.30. The Balaban J connectivity index is 1.87. The lowest BCUT2D eigenvalue weighted by Gasteiger charge is -2.30.